The lowest BCUT2D eigenvalue weighted by molar-refractivity contribution is -0.642. The van der Waals surface area contributed by atoms with Gasteiger partial charge in [-0.1, -0.05) is 12.1 Å². The van der Waals surface area contributed by atoms with E-state index in [-0.39, 0.29) is 11.2 Å². The number of hydrogen-bond donors (Lipinski definition) is 3. The van der Waals surface area contributed by atoms with Crippen molar-refractivity contribution in [3.8, 4) is 5.75 Å². The Balaban J connectivity index is 1.74. The second kappa shape index (κ2) is 5.38. The number of phenols is 1. The van der Waals surface area contributed by atoms with Crippen LogP contribution in [0.25, 0.3) is 27.9 Å². The summed E-state index contributed by atoms with van der Waals surface area (Å²) in [6.07, 6.45) is 7.41. The number of phenolic OH excluding ortho intramolecular Hbond substituents is 1. The highest BCUT2D eigenvalue weighted by molar-refractivity contribution is 6.07. The van der Waals surface area contributed by atoms with Gasteiger partial charge in [0.25, 0.3) is 10.9 Å². The van der Waals surface area contributed by atoms with Crippen LogP contribution in [-0.4, -0.2) is 10.1 Å². The molecule has 2 aromatic carbocycles. The van der Waals surface area contributed by atoms with E-state index in [0.717, 1.165) is 21.9 Å². The predicted molar refractivity (Wildman–Crippen MR) is 95.2 cm³/mol. The number of anilines is 1. The van der Waals surface area contributed by atoms with Crippen LogP contribution in [0.3, 0.4) is 0 Å². The van der Waals surface area contributed by atoms with Gasteiger partial charge in [0.05, 0.1) is 22.0 Å². The molecular weight excluding hydrogens is 302 g/mol. The van der Waals surface area contributed by atoms with E-state index in [1.54, 1.807) is 30.5 Å². The molecule has 4 rings (SSSR count). The standard InChI is InChI=1S/C19H15N3O2/c1-22-11-13-7-9-20-15-10-16(19(24)18(22)17(13)15)21-8-6-12-2-4-14(23)5-3-12/h2-11H,1H3,(H2,20,21,23,24)/p+1. The van der Waals surface area contributed by atoms with Gasteiger partial charge < -0.3 is 15.4 Å². The van der Waals surface area contributed by atoms with Gasteiger partial charge in [-0.15, -0.1) is 0 Å². The Morgan fingerprint density at radius 1 is 1.21 bits per heavy atom. The monoisotopic (exact) mass is 318 g/mol. The molecule has 3 N–H and O–H groups in total. The predicted octanol–water partition coefficient (Wildman–Crippen LogP) is 2.73. The fourth-order valence-corrected chi connectivity index (χ4v) is 3.00. The molecular formula is C19H16N3O2+. The van der Waals surface area contributed by atoms with Crippen LogP contribution in [0, 0.1) is 0 Å². The molecule has 118 valence electrons. The first kappa shape index (κ1) is 14.3. The summed E-state index contributed by atoms with van der Waals surface area (Å²) in [6.45, 7) is 0. The fourth-order valence-electron chi connectivity index (χ4n) is 3.00. The van der Waals surface area contributed by atoms with Crippen LogP contribution in [0.1, 0.15) is 5.56 Å². The molecule has 2 aromatic heterocycles. The first-order chi connectivity index (χ1) is 11.6. The van der Waals surface area contributed by atoms with E-state index in [1.165, 1.54) is 0 Å². The van der Waals surface area contributed by atoms with Crippen molar-refractivity contribution < 1.29 is 9.67 Å². The molecule has 2 heterocycles. The van der Waals surface area contributed by atoms with E-state index >= 15 is 0 Å². The maximum absolute atomic E-state index is 12.7. The molecule has 0 saturated heterocycles. The van der Waals surface area contributed by atoms with Crippen LogP contribution in [-0.2, 0) is 7.05 Å². The molecule has 0 aliphatic carbocycles. The average molecular weight is 318 g/mol. The van der Waals surface area contributed by atoms with Gasteiger partial charge in [0.1, 0.15) is 12.8 Å². The van der Waals surface area contributed by atoms with Crippen molar-refractivity contribution in [2.75, 3.05) is 5.32 Å². The van der Waals surface area contributed by atoms with Gasteiger partial charge in [-0.2, -0.15) is 4.57 Å². The largest absolute Gasteiger partial charge is 0.508 e. The lowest BCUT2D eigenvalue weighted by Crippen LogP contribution is -2.30. The fraction of sp³-hybridized carbons (Fsp3) is 0.0526. The van der Waals surface area contributed by atoms with E-state index in [2.05, 4.69) is 10.3 Å². The van der Waals surface area contributed by atoms with E-state index in [4.69, 9.17) is 0 Å². The van der Waals surface area contributed by atoms with Gasteiger partial charge in [-0.3, -0.25) is 4.79 Å². The number of rotatable bonds is 3. The molecule has 0 aliphatic rings. The summed E-state index contributed by atoms with van der Waals surface area (Å²) in [5.74, 6) is 0.227. The van der Waals surface area contributed by atoms with Crippen LogP contribution in [0.4, 0.5) is 5.69 Å². The number of aromatic hydroxyl groups is 1. The van der Waals surface area contributed by atoms with Crippen LogP contribution in [0.2, 0.25) is 0 Å². The van der Waals surface area contributed by atoms with Crippen LogP contribution < -0.4 is 15.3 Å². The molecule has 0 unspecified atom stereocenters. The highest BCUT2D eigenvalue weighted by Crippen LogP contribution is 2.23. The topological polar surface area (TPSA) is 69.0 Å². The molecule has 0 spiro atoms. The minimum atomic E-state index is -0.0324. The van der Waals surface area contributed by atoms with Gasteiger partial charge in [-0.25, -0.2) is 0 Å². The Morgan fingerprint density at radius 3 is 2.79 bits per heavy atom. The van der Waals surface area contributed by atoms with Crippen molar-refractivity contribution in [3.63, 3.8) is 0 Å². The highest BCUT2D eigenvalue weighted by atomic mass is 16.3. The molecule has 0 fully saturated rings. The van der Waals surface area contributed by atoms with E-state index in [1.807, 2.05) is 42.2 Å². The molecule has 0 radical (unpaired) electrons. The molecule has 0 saturated carbocycles. The van der Waals surface area contributed by atoms with Crippen molar-refractivity contribution in [2.45, 2.75) is 0 Å². The number of benzene rings is 2. The number of hydrogen-bond acceptors (Lipinski definition) is 3. The number of pyridine rings is 1. The summed E-state index contributed by atoms with van der Waals surface area (Å²) in [4.78, 5) is 15.9. The molecule has 0 aliphatic heterocycles. The van der Waals surface area contributed by atoms with Crippen LogP contribution in [0.5, 0.6) is 5.75 Å². The van der Waals surface area contributed by atoms with E-state index in [9.17, 15) is 9.90 Å². The van der Waals surface area contributed by atoms with E-state index < -0.39 is 0 Å². The van der Waals surface area contributed by atoms with Gasteiger partial charge in [0.2, 0.25) is 0 Å². The van der Waals surface area contributed by atoms with Crippen molar-refractivity contribution in [1.29, 1.82) is 0 Å². The smallest absolute Gasteiger partial charge is 0.273 e. The Bertz CT molecular complexity index is 1110. The second-order valence-corrected chi connectivity index (χ2v) is 5.77. The Morgan fingerprint density at radius 2 is 2.00 bits per heavy atom. The van der Waals surface area contributed by atoms with Gasteiger partial charge in [0, 0.05) is 12.4 Å². The Kier molecular flexibility index (Phi) is 3.20. The summed E-state index contributed by atoms with van der Waals surface area (Å²) >= 11 is 0. The van der Waals surface area contributed by atoms with Crippen LogP contribution >= 0.6 is 0 Å². The summed E-state index contributed by atoms with van der Waals surface area (Å²) in [7, 11) is 1.88. The highest BCUT2D eigenvalue weighted by Gasteiger charge is 2.20. The van der Waals surface area contributed by atoms with Crippen molar-refractivity contribution in [3.05, 3.63) is 70.8 Å². The first-order valence-corrected chi connectivity index (χ1v) is 7.62. The zero-order valence-electron chi connectivity index (χ0n) is 13.1. The van der Waals surface area contributed by atoms with Crippen molar-refractivity contribution in [2.24, 2.45) is 7.05 Å². The number of aromatic nitrogens is 2. The Hall–Kier alpha value is -3.34. The first-order valence-electron chi connectivity index (χ1n) is 7.62. The van der Waals surface area contributed by atoms with Gasteiger partial charge in [-0.05, 0) is 35.9 Å². The molecule has 0 bridgehead atoms. The second-order valence-electron chi connectivity index (χ2n) is 5.77. The minimum Gasteiger partial charge on any atom is -0.508 e. The maximum Gasteiger partial charge on any atom is 0.273 e. The Labute approximate surface area is 137 Å². The minimum absolute atomic E-state index is 0.0324. The molecule has 0 amide bonds. The van der Waals surface area contributed by atoms with Gasteiger partial charge >= 0.3 is 0 Å². The summed E-state index contributed by atoms with van der Waals surface area (Å²) in [6, 6.07) is 10.6. The zero-order chi connectivity index (χ0) is 16.7. The molecule has 5 heteroatoms. The summed E-state index contributed by atoms with van der Waals surface area (Å²) < 4.78 is 1.86. The molecule has 5 nitrogen and oxygen atoms in total. The van der Waals surface area contributed by atoms with Gasteiger partial charge in [0.15, 0.2) is 6.20 Å². The number of aromatic amines is 1. The third-order valence-electron chi connectivity index (χ3n) is 4.14. The van der Waals surface area contributed by atoms with Crippen molar-refractivity contribution in [1.82, 2.24) is 4.98 Å². The quantitative estimate of drug-likeness (QED) is 0.509. The van der Waals surface area contributed by atoms with Crippen molar-refractivity contribution >= 4 is 33.6 Å². The third kappa shape index (κ3) is 2.27. The average Bonchev–Trinajstić information content (AvgIpc) is 2.91. The molecule has 4 aromatic rings. The lowest BCUT2D eigenvalue weighted by Gasteiger charge is -2.02. The molecule has 0 atom stereocenters. The zero-order valence-corrected chi connectivity index (χ0v) is 13.1. The summed E-state index contributed by atoms with van der Waals surface area (Å²) in [5, 5.41) is 14.4. The normalized spacial score (nSPS) is 11.7. The number of H-pyrrole nitrogens is 1. The number of nitrogens with zero attached hydrogens (tertiary/aromatic N) is 1. The number of aryl methyl sites for hydroxylation is 1. The maximum atomic E-state index is 12.7. The summed E-state index contributed by atoms with van der Waals surface area (Å²) in [5.41, 5.74) is 3.01. The SMILES string of the molecule is C[n+]1cc2cc[nH]c3cc(N/C=C/c4ccc(O)cc4)c(=O)c1c23. The molecule has 24 heavy (non-hydrogen) atoms. The third-order valence-corrected chi connectivity index (χ3v) is 4.14. The lowest BCUT2D eigenvalue weighted by atomic mass is 10.1. The van der Waals surface area contributed by atoms with E-state index in [0.29, 0.717) is 11.2 Å². The van der Waals surface area contributed by atoms with Crippen LogP contribution in [0.15, 0.2) is 59.8 Å². The number of nitrogens with one attached hydrogen (secondary N) is 2.